The molecule has 8 nitrogen and oxygen atoms in total. The Balaban J connectivity index is 1.45. The van der Waals surface area contributed by atoms with Crippen molar-refractivity contribution in [3.63, 3.8) is 0 Å². The molecule has 5 rings (SSSR count). The van der Waals surface area contributed by atoms with Crippen LogP contribution in [0.25, 0.3) is 0 Å². The van der Waals surface area contributed by atoms with E-state index in [4.69, 9.17) is 0 Å². The third-order valence-corrected chi connectivity index (χ3v) is 6.82. The maximum atomic E-state index is 13.6. The number of fused-ring (bicyclic) bond motifs is 5. The molecule has 168 valence electrons. The number of para-hydroxylation sites is 2. The number of halogens is 1. The Morgan fingerprint density at radius 1 is 1.06 bits per heavy atom. The standard InChI is InChI=1S/C24H20FN3O5/c25-16-9-7-13(8-10-16)19(12-20(29)26-17-3-1-2-4-18(17)28(32)33)27-23(30)21-14-5-6-15(11-14)22(21)24(27)31/h1-10,14-15,19,21-22H,11-12H2,(H,26,29). The predicted octanol–water partition coefficient (Wildman–Crippen LogP) is 3.61. The number of amides is 3. The number of hydrogen-bond donors (Lipinski definition) is 1. The predicted molar refractivity (Wildman–Crippen MR) is 115 cm³/mol. The lowest BCUT2D eigenvalue weighted by Crippen LogP contribution is -2.38. The number of hydrogen-bond acceptors (Lipinski definition) is 5. The number of nitrogens with zero attached hydrogens (tertiary/aromatic N) is 2. The lowest BCUT2D eigenvalue weighted by molar-refractivity contribution is -0.383. The average molecular weight is 449 g/mol. The van der Waals surface area contributed by atoms with Crippen molar-refractivity contribution in [3.8, 4) is 0 Å². The van der Waals surface area contributed by atoms with Crippen molar-refractivity contribution in [2.75, 3.05) is 5.32 Å². The number of imide groups is 1. The summed E-state index contributed by atoms with van der Waals surface area (Å²) in [6, 6.07) is 10.1. The number of anilines is 1. The first-order valence-corrected chi connectivity index (χ1v) is 10.7. The van der Waals surface area contributed by atoms with Gasteiger partial charge in [0, 0.05) is 6.07 Å². The number of allylic oxidation sites excluding steroid dienone is 2. The van der Waals surface area contributed by atoms with Crippen LogP contribution in [0.15, 0.2) is 60.7 Å². The van der Waals surface area contributed by atoms with E-state index in [1.807, 2.05) is 12.2 Å². The first-order valence-electron chi connectivity index (χ1n) is 10.7. The van der Waals surface area contributed by atoms with Gasteiger partial charge in [0.1, 0.15) is 11.5 Å². The van der Waals surface area contributed by atoms with Crippen LogP contribution in [-0.4, -0.2) is 27.5 Å². The maximum absolute atomic E-state index is 13.6. The van der Waals surface area contributed by atoms with Crippen molar-refractivity contribution in [2.24, 2.45) is 23.7 Å². The molecule has 0 spiro atoms. The van der Waals surface area contributed by atoms with Gasteiger partial charge in [-0.1, -0.05) is 36.4 Å². The van der Waals surface area contributed by atoms with Gasteiger partial charge in [0.05, 0.1) is 29.2 Å². The largest absolute Gasteiger partial charge is 0.320 e. The van der Waals surface area contributed by atoms with Gasteiger partial charge in [-0.3, -0.25) is 29.4 Å². The summed E-state index contributed by atoms with van der Waals surface area (Å²) in [4.78, 5) is 51.4. The summed E-state index contributed by atoms with van der Waals surface area (Å²) in [5, 5.41) is 13.8. The summed E-state index contributed by atoms with van der Waals surface area (Å²) in [6.07, 6.45) is 4.43. The van der Waals surface area contributed by atoms with Crippen LogP contribution in [0.5, 0.6) is 0 Å². The van der Waals surface area contributed by atoms with Crippen LogP contribution in [0.4, 0.5) is 15.8 Å². The van der Waals surface area contributed by atoms with E-state index in [2.05, 4.69) is 5.32 Å². The van der Waals surface area contributed by atoms with Crippen molar-refractivity contribution in [1.29, 1.82) is 0 Å². The Morgan fingerprint density at radius 3 is 2.27 bits per heavy atom. The molecule has 9 heteroatoms. The van der Waals surface area contributed by atoms with Crippen molar-refractivity contribution in [1.82, 2.24) is 4.90 Å². The zero-order chi connectivity index (χ0) is 23.3. The molecule has 3 amide bonds. The van der Waals surface area contributed by atoms with Crippen molar-refractivity contribution >= 4 is 29.1 Å². The molecule has 2 fully saturated rings. The Labute approximate surface area is 188 Å². The molecule has 1 heterocycles. The van der Waals surface area contributed by atoms with Crippen LogP contribution in [-0.2, 0) is 14.4 Å². The highest BCUT2D eigenvalue weighted by Gasteiger charge is 2.60. The van der Waals surface area contributed by atoms with Gasteiger partial charge in [-0.05, 0) is 42.0 Å². The van der Waals surface area contributed by atoms with Crippen molar-refractivity contribution < 1.29 is 23.7 Å². The molecule has 1 aliphatic heterocycles. The van der Waals surface area contributed by atoms with Crippen LogP contribution in [0, 0.1) is 39.6 Å². The third-order valence-electron chi connectivity index (χ3n) is 6.82. The lowest BCUT2D eigenvalue weighted by Gasteiger charge is -2.28. The molecule has 1 saturated heterocycles. The van der Waals surface area contributed by atoms with E-state index in [0.717, 1.165) is 11.3 Å². The molecule has 2 aromatic carbocycles. The number of nitrogens with one attached hydrogen (secondary N) is 1. The second-order valence-electron chi connectivity index (χ2n) is 8.64. The molecule has 1 N–H and O–H groups in total. The van der Waals surface area contributed by atoms with Crippen LogP contribution >= 0.6 is 0 Å². The quantitative estimate of drug-likeness (QED) is 0.314. The number of carbonyl (C=O) groups excluding carboxylic acids is 3. The van der Waals surface area contributed by atoms with E-state index in [1.165, 1.54) is 42.5 Å². The minimum Gasteiger partial charge on any atom is -0.320 e. The molecule has 1 saturated carbocycles. The van der Waals surface area contributed by atoms with Crippen LogP contribution in [0.1, 0.15) is 24.4 Å². The zero-order valence-electron chi connectivity index (χ0n) is 17.4. The molecular formula is C24H20FN3O5. The molecule has 5 atom stereocenters. The molecule has 2 aliphatic carbocycles. The van der Waals surface area contributed by atoms with Gasteiger partial charge in [0.25, 0.3) is 5.69 Å². The monoisotopic (exact) mass is 449 g/mol. The van der Waals surface area contributed by atoms with Gasteiger partial charge in [-0.2, -0.15) is 0 Å². The summed E-state index contributed by atoms with van der Waals surface area (Å²) in [5.41, 5.74) is 0.189. The first-order chi connectivity index (χ1) is 15.8. The summed E-state index contributed by atoms with van der Waals surface area (Å²) in [6.45, 7) is 0. The van der Waals surface area contributed by atoms with Crippen LogP contribution in [0.3, 0.4) is 0 Å². The van der Waals surface area contributed by atoms with E-state index in [1.54, 1.807) is 6.07 Å². The van der Waals surface area contributed by atoms with Crippen molar-refractivity contribution in [2.45, 2.75) is 18.9 Å². The second kappa shape index (κ2) is 7.91. The van der Waals surface area contributed by atoms with E-state index in [0.29, 0.717) is 5.56 Å². The molecule has 5 unspecified atom stereocenters. The third kappa shape index (κ3) is 3.49. The summed E-state index contributed by atoms with van der Waals surface area (Å²) >= 11 is 0. The number of carbonyl (C=O) groups is 3. The second-order valence-corrected chi connectivity index (χ2v) is 8.64. The maximum Gasteiger partial charge on any atom is 0.292 e. The number of rotatable bonds is 6. The first kappa shape index (κ1) is 21.0. The van der Waals surface area contributed by atoms with E-state index in [9.17, 15) is 28.9 Å². The smallest absolute Gasteiger partial charge is 0.292 e. The molecule has 0 radical (unpaired) electrons. The normalized spacial score (nSPS) is 25.9. The average Bonchev–Trinajstić information content (AvgIpc) is 3.47. The number of nitro benzene ring substituents is 1. The Morgan fingerprint density at radius 2 is 1.67 bits per heavy atom. The Hall–Kier alpha value is -3.88. The molecule has 33 heavy (non-hydrogen) atoms. The van der Waals surface area contributed by atoms with Gasteiger partial charge in [-0.25, -0.2) is 4.39 Å². The molecule has 2 aromatic rings. The number of benzene rings is 2. The summed E-state index contributed by atoms with van der Waals surface area (Å²) in [7, 11) is 0. The van der Waals surface area contributed by atoms with Gasteiger partial charge in [0.15, 0.2) is 0 Å². The van der Waals surface area contributed by atoms with Crippen LogP contribution in [0.2, 0.25) is 0 Å². The molecule has 0 aromatic heterocycles. The molecule has 2 bridgehead atoms. The highest BCUT2D eigenvalue weighted by Crippen LogP contribution is 2.54. The van der Waals surface area contributed by atoms with E-state index >= 15 is 0 Å². The lowest BCUT2D eigenvalue weighted by atomic mass is 9.85. The fourth-order valence-corrected chi connectivity index (χ4v) is 5.39. The highest BCUT2D eigenvalue weighted by molar-refractivity contribution is 6.07. The van der Waals surface area contributed by atoms with E-state index in [-0.39, 0.29) is 41.4 Å². The van der Waals surface area contributed by atoms with Gasteiger partial charge in [0.2, 0.25) is 17.7 Å². The highest BCUT2D eigenvalue weighted by atomic mass is 19.1. The fraction of sp³-hybridized carbons (Fsp3) is 0.292. The van der Waals surface area contributed by atoms with Crippen molar-refractivity contribution in [3.05, 3.63) is 82.2 Å². The Kier molecular flexibility index (Phi) is 5.03. The van der Waals surface area contributed by atoms with Gasteiger partial charge in [-0.15, -0.1) is 0 Å². The SMILES string of the molecule is O=C(CC(c1ccc(F)cc1)N1C(=O)C2C3C=CC(C3)C2C1=O)Nc1ccccc1[N+](=O)[O-]. The molecule has 3 aliphatic rings. The summed E-state index contributed by atoms with van der Waals surface area (Å²) < 4.78 is 13.6. The minimum absolute atomic E-state index is 0.0103. The summed E-state index contributed by atoms with van der Waals surface area (Å²) in [5.74, 6) is -2.59. The fourth-order valence-electron chi connectivity index (χ4n) is 5.39. The topological polar surface area (TPSA) is 110 Å². The number of likely N-dealkylation sites (tertiary alicyclic amines) is 1. The van der Waals surface area contributed by atoms with Gasteiger partial charge >= 0.3 is 0 Å². The zero-order valence-corrected chi connectivity index (χ0v) is 17.4. The number of nitro groups is 1. The Bertz CT molecular complexity index is 1160. The van der Waals surface area contributed by atoms with Crippen LogP contribution < -0.4 is 5.32 Å². The molecular weight excluding hydrogens is 429 g/mol. The minimum atomic E-state index is -0.946. The van der Waals surface area contributed by atoms with E-state index < -0.39 is 34.5 Å². The van der Waals surface area contributed by atoms with Gasteiger partial charge < -0.3 is 5.32 Å².